The van der Waals surface area contributed by atoms with Gasteiger partial charge in [-0.2, -0.15) is 9.36 Å². The van der Waals surface area contributed by atoms with E-state index in [2.05, 4.69) is 19.8 Å². The fraction of sp³-hybridized carbons (Fsp3) is 0.250. The zero-order chi connectivity index (χ0) is 26.0. The van der Waals surface area contributed by atoms with Crippen LogP contribution in [-0.4, -0.2) is 72.6 Å². The second-order valence-corrected chi connectivity index (χ2v) is 9.66. The number of nitrogen functional groups attached to an aromatic ring is 1. The molecule has 1 fully saturated rings. The third kappa shape index (κ3) is 5.27. The number of amides is 2. The number of carbonyl (C=O) groups excluding carboxylic acids is 3. The van der Waals surface area contributed by atoms with Gasteiger partial charge in [0.1, 0.15) is 23.7 Å². The molecule has 2 aliphatic rings. The van der Waals surface area contributed by atoms with E-state index in [4.69, 9.17) is 26.9 Å². The number of nitrogens with zero attached hydrogens (tertiary/aromatic N) is 4. The molecule has 36 heavy (non-hydrogen) atoms. The van der Waals surface area contributed by atoms with Crippen LogP contribution in [0.5, 0.6) is 5.75 Å². The van der Waals surface area contributed by atoms with Gasteiger partial charge < -0.3 is 25.7 Å². The standard InChI is InChI=1S/C20H17ClN6O7S2/c1-8(28)33-6-9-7-35-18-13(17(30)27(18)14(9)19(31)32)23-16(29)12(15-24-20(22)36-26-15)25-34-11-4-2-10(21)3-5-11/h2-5,13,18H,6-7H2,1H3,(H,23,29)(H,31,32)(H2,22,24,26)/t13-,18-/m1/s1. The number of nitrogens with two attached hydrogens (primary N) is 1. The molecule has 0 saturated carbocycles. The Balaban J connectivity index is 1.53. The molecule has 0 unspecified atom stereocenters. The minimum Gasteiger partial charge on any atom is -0.477 e. The molecular formula is C20H17ClN6O7S2. The molecule has 4 N–H and O–H groups in total. The number of ether oxygens (including phenoxy) is 1. The maximum absolute atomic E-state index is 13.1. The minimum absolute atomic E-state index is 0.0854. The second-order valence-electron chi connectivity index (χ2n) is 7.34. The average molecular weight is 553 g/mol. The number of esters is 1. The minimum atomic E-state index is -1.35. The van der Waals surface area contributed by atoms with Crippen LogP contribution in [0, 0.1) is 0 Å². The predicted octanol–water partition coefficient (Wildman–Crippen LogP) is 0.858. The molecule has 16 heteroatoms. The van der Waals surface area contributed by atoms with Crippen molar-refractivity contribution >= 4 is 69.5 Å². The highest BCUT2D eigenvalue weighted by atomic mass is 35.5. The molecule has 1 aromatic heterocycles. The summed E-state index contributed by atoms with van der Waals surface area (Å²) >= 11 is 7.91. The van der Waals surface area contributed by atoms with Gasteiger partial charge in [0.05, 0.1) is 0 Å². The maximum atomic E-state index is 13.1. The molecule has 1 saturated heterocycles. The number of rotatable bonds is 8. The maximum Gasteiger partial charge on any atom is 0.352 e. The first-order chi connectivity index (χ1) is 17.2. The van der Waals surface area contributed by atoms with Crippen molar-refractivity contribution in [3.05, 3.63) is 46.4 Å². The molecule has 13 nitrogen and oxygen atoms in total. The van der Waals surface area contributed by atoms with Crippen molar-refractivity contribution in [3.63, 3.8) is 0 Å². The van der Waals surface area contributed by atoms with Gasteiger partial charge in [0.25, 0.3) is 11.8 Å². The van der Waals surface area contributed by atoms with Gasteiger partial charge in [-0.1, -0.05) is 16.8 Å². The molecule has 0 radical (unpaired) electrons. The van der Waals surface area contributed by atoms with E-state index in [0.29, 0.717) is 5.02 Å². The monoisotopic (exact) mass is 552 g/mol. The number of hydrogen-bond acceptors (Lipinski definition) is 12. The molecule has 1 aromatic carbocycles. The number of halogens is 1. The molecule has 2 atom stereocenters. The van der Waals surface area contributed by atoms with Gasteiger partial charge in [-0.05, 0) is 24.3 Å². The fourth-order valence-corrected chi connectivity index (χ4v) is 5.19. The Morgan fingerprint density at radius 1 is 1.33 bits per heavy atom. The zero-order valence-corrected chi connectivity index (χ0v) is 20.7. The predicted molar refractivity (Wildman–Crippen MR) is 129 cm³/mol. The lowest BCUT2D eigenvalue weighted by atomic mass is 10.0. The first-order valence-electron chi connectivity index (χ1n) is 10.1. The summed E-state index contributed by atoms with van der Waals surface area (Å²) in [6.07, 6.45) is 0. The van der Waals surface area contributed by atoms with Crippen molar-refractivity contribution < 1.29 is 33.9 Å². The summed E-state index contributed by atoms with van der Waals surface area (Å²) in [6.45, 7) is 0.938. The number of nitrogens with one attached hydrogen (secondary N) is 1. The normalized spacial score (nSPS) is 19.3. The van der Waals surface area contributed by atoms with Gasteiger partial charge in [0, 0.05) is 34.8 Å². The van der Waals surface area contributed by atoms with Crippen LogP contribution in [0.4, 0.5) is 5.13 Å². The molecule has 3 heterocycles. The Labute approximate surface area is 216 Å². The molecule has 2 aromatic rings. The van der Waals surface area contributed by atoms with Crippen molar-refractivity contribution in [1.29, 1.82) is 0 Å². The summed E-state index contributed by atoms with van der Waals surface area (Å²) < 4.78 is 8.89. The van der Waals surface area contributed by atoms with Crippen molar-refractivity contribution in [3.8, 4) is 5.75 Å². The van der Waals surface area contributed by atoms with Gasteiger partial charge in [-0.15, -0.1) is 11.8 Å². The van der Waals surface area contributed by atoms with E-state index in [1.165, 1.54) is 30.8 Å². The molecule has 0 aliphatic carbocycles. The molecule has 4 rings (SSSR count). The summed E-state index contributed by atoms with van der Waals surface area (Å²) in [5, 5.41) is 15.9. The van der Waals surface area contributed by atoms with E-state index in [1.54, 1.807) is 12.1 Å². The largest absolute Gasteiger partial charge is 0.477 e. The number of fused-ring (bicyclic) bond motifs is 1. The van der Waals surface area contributed by atoms with Crippen LogP contribution in [0.2, 0.25) is 5.02 Å². The van der Waals surface area contributed by atoms with E-state index >= 15 is 0 Å². The van der Waals surface area contributed by atoms with Gasteiger partial charge in [-0.3, -0.25) is 19.3 Å². The lowest BCUT2D eigenvalue weighted by molar-refractivity contribution is -0.150. The van der Waals surface area contributed by atoms with Gasteiger partial charge in [0.2, 0.25) is 11.5 Å². The highest BCUT2D eigenvalue weighted by Crippen LogP contribution is 2.40. The van der Waals surface area contributed by atoms with Gasteiger partial charge in [-0.25, -0.2) is 4.79 Å². The van der Waals surface area contributed by atoms with Crippen molar-refractivity contribution in [2.45, 2.75) is 18.3 Å². The Hall–Kier alpha value is -3.69. The number of oxime groups is 1. The number of benzene rings is 1. The van der Waals surface area contributed by atoms with Gasteiger partial charge >= 0.3 is 11.9 Å². The number of carboxylic acid groups (broad SMARTS) is 1. The van der Waals surface area contributed by atoms with E-state index < -0.39 is 35.2 Å². The molecule has 2 amide bonds. The molecular weight excluding hydrogens is 536 g/mol. The number of β-lactam (4-membered cyclic amide) rings is 1. The van der Waals surface area contributed by atoms with E-state index in [9.17, 15) is 24.3 Å². The number of anilines is 1. The first-order valence-corrected chi connectivity index (χ1v) is 12.3. The Bertz CT molecular complexity index is 1300. The van der Waals surface area contributed by atoms with Crippen LogP contribution in [0.25, 0.3) is 0 Å². The average Bonchev–Trinajstić information content (AvgIpc) is 3.27. The highest BCUT2D eigenvalue weighted by molar-refractivity contribution is 8.00. The van der Waals surface area contributed by atoms with Crippen molar-refractivity contribution in [2.24, 2.45) is 5.16 Å². The fourth-order valence-electron chi connectivity index (χ4n) is 3.30. The topological polar surface area (TPSA) is 186 Å². The van der Waals surface area contributed by atoms with Crippen LogP contribution in [0.1, 0.15) is 12.7 Å². The molecule has 2 aliphatic heterocycles. The smallest absolute Gasteiger partial charge is 0.352 e. The van der Waals surface area contributed by atoms with Crippen LogP contribution in [0.15, 0.2) is 40.7 Å². The summed E-state index contributed by atoms with van der Waals surface area (Å²) in [5.74, 6) is -3.06. The quantitative estimate of drug-likeness (QED) is 0.182. The number of carboxylic acids is 1. The van der Waals surface area contributed by atoms with E-state index in [0.717, 1.165) is 16.4 Å². The first kappa shape index (κ1) is 25.4. The van der Waals surface area contributed by atoms with Crippen molar-refractivity contribution in [2.75, 3.05) is 18.1 Å². The SMILES string of the molecule is CC(=O)OCC1=C(C(=O)O)N2C(=O)[C@@H](NC(=O)C(=NOc3ccc(Cl)cc3)c3nsc(N)n3)[C@H]2SC1. The number of aliphatic carboxylic acids is 1. The summed E-state index contributed by atoms with van der Waals surface area (Å²) in [4.78, 5) is 59.2. The highest BCUT2D eigenvalue weighted by Gasteiger charge is 2.54. The summed E-state index contributed by atoms with van der Waals surface area (Å²) in [7, 11) is 0. The van der Waals surface area contributed by atoms with Crippen LogP contribution in [0.3, 0.4) is 0 Å². The third-order valence-corrected chi connectivity index (χ3v) is 7.04. The lowest BCUT2D eigenvalue weighted by Gasteiger charge is -2.49. The number of hydrogen-bond donors (Lipinski definition) is 3. The van der Waals surface area contributed by atoms with E-state index in [1.807, 2.05) is 0 Å². The number of aromatic nitrogens is 2. The summed E-state index contributed by atoms with van der Waals surface area (Å²) in [6, 6.07) is 5.14. The van der Waals surface area contributed by atoms with Crippen LogP contribution < -0.4 is 15.9 Å². The molecule has 0 bridgehead atoms. The van der Waals surface area contributed by atoms with Crippen molar-refractivity contribution in [1.82, 2.24) is 19.6 Å². The second kappa shape index (κ2) is 10.5. The Morgan fingerprint density at radius 3 is 2.67 bits per heavy atom. The molecule has 188 valence electrons. The lowest BCUT2D eigenvalue weighted by Crippen LogP contribution is -2.71. The number of thioether (sulfide) groups is 1. The Morgan fingerprint density at radius 2 is 2.06 bits per heavy atom. The van der Waals surface area contributed by atoms with Crippen LogP contribution >= 0.6 is 34.9 Å². The zero-order valence-electron chi connectivity index (χ0n) is 18.3. The third-order valence-electron chi connectivity index (χ3n) is 4.91. The van der Waals surface area contributed by atoms with Gasteiger partial charge in [0.15, 0.2) is 10.9 Å². The number of carbonyl (C=O) groups is 4. The van der Waals surface area contributed by atoms with Crippen LogP contribution in [-0.2, 0) is 23.9 Å². The molecule has 0 spiro atoms. The van der Waals surface area contributed by atoms with E-state index in [-0.39, 0.29) is 46.0 Å². The summed E-state index contributed by atoms with van der Waals surface area (Å²) in [5.41, 5.74) is 5.30. The Kier molecular flexibility index (Phi) is 7.42.